The average Bonchev–Trinajstić information content (AvgIpc) is 2.93. The van der Waals surface area contributed by atoms with Crippen LogP contribution in [0.4, 0.5) is 11.4 Å². The summed E-state index contributed by atoms with van der Waals surface area (Å²) in [6.45, 7) is 3.92. The predicted molar refractivity (Wildman–Crippen MR) is 114 cm³/mol. The molecule has 0 spiro atoms. The fraction of sp³-hybridized carbons (Fsp3) is 0.263. The summed E-state index contributed by atoms with van der Waals surface area (Å²) < 4.78 is 28.0. The Labute approximate surface area is 167 Å². The summed E-state index contributed by atoms with van der Waals surface area (Å²) in [5.41, 5.74) is 2.55. The first-order chi connectivity index (χ1) is 13.2. The van der Waals surface area contributed by atoms with E-state index < -0.39 is 15.9 Å². The van der Waals surface area contributed by atoms with Crippen LogP contribution in [0.25, 0.3) is 10.2 Å². The maximum absolute atomic E-state index is 12.5. The van der Waals surface area contributed by atoms with Crippen molar-refractivity contribution in [3.63, 3.8) is 0 Å². The standard InChI is InChI=1S/C19H21N3O4S2/c1-4-21-16-10-9-14(11-17(16)27-19(21)24)20-18(23)12-22(28(3,25)26)15-8-6-5-7-13(15)2/h5-11H,4,12H2,1-3H3,(H,20,23). The molecule has 1 amide bonds. The summed E-state index contributed by atoms with van der Waals surface area (Å²) in [4.78, 5) is 24.5. The molecule has 1 N–H and O–H groups in total. The Morgan fingerprint density at radius 1 is 1.21 bits per heavy atom. The molecule has 1 heterocycles. The molecular weight excluding hydrogens is 398 g/mol. The van der Waals surface area contributed by atoms with Gasteiger partial charge in [0.25, 0.3) is 0 Å². The Kier molecular flexibility index (Phi) is 5.57. The van der Waals surface area contributed by atoms with Crippen LogP contribution in [0.1, 0.15) is 12.5 Å². The Hall–Kier alpha value is -2.65. The third-order valence-electron chi connectivity index (χ3n) is 4.34. The monoisotopic (exact) mass is 419 g/mol. The first-order valence-electron chi connectivity index (χ1n) is 8.67. The summed E-state index contributed by atoms with van der Waals surface area (Å²) in [7, 11) is -3.64. The fourth-order valence-corrected chi connectivity index (χ4v) is 4.91. The maximum Gasteiger partial charge on any atom is 0.308 e. The molecule has 0 saturated carbocycles. The minimum Gasteiger partial charge on any atom is -0.324 e. The zero-order chi connectivity index (χ0) is 20.5. The highest BCUT2D eigenvalue weighted by molar-refractivity contribution is 7.92. The lowest BCUT2D eigenvalue weighted by Gasteiger charge is -2.23. The zero-order valence-electron chi connectivity index (χ0n) is 15.8. The number of rotatable bonds is 6. The second-order valence-corrected chi connectivity index (χ2v) is 9.30. The van der Waals surface area contributed by atoms with Crippen LogP contribution >= 0.6 is 11.3 Å². The average molecular weight is 420 g/mol. The highest BCUT2D eigenvalue weighted by atomic mass is 32.2. The molecule has 28 heavy (non-hydrogen) atoms. The van der Waals surface area contributed by atoms with E-state index in [1.165, 1.54) is 0 Å². The third-order valence-corrected chi connectivity index (χ3v) is 6.41. The number of sulfonamides is 1. The van der Waals surface area contributed by atoms with Crippen LogP contribution in [0.2, 0.25) is 0 Å². The van der Waals surface area contributed by atoms with Gasteiger partial charge < -0.3 is 5.32 Å². The summed E-state index contributed by atoms with van der Waals surface area (Å²) in [6, 6.07) is 12.2. The molecule has 0 unspecified atom stereocenters. The second kappa shape index (κ2) is 7.76. The maximum atomic E-state index is 12.5. The van der Waals surface area contributed by atoms with E-state index in [9.17, 15) is 18.0 Å². The second-order valence-electron chi connectivity index (χ2n) is 6.40. The van der Waals surface area contributed by atoms with Gasteiger partial charge in [-0.15, -0.1) is 0 Å². The van der Waals surface area contributed by atoms with Crippen LogP contribution < -0.4 is 14.5 Å². The number of nitrogens with one attached hydrogen (secondary N) is 1. The number of anilines is 2. The fourth-order valence-electron chi connectivity index (χ4n) is 3.00. The molecule has 9 heteroatoms. The van der Waals surface area contributed by atoms with Crippen molar-refractivity contribution in [3.05, 3.63) is 57.7 Å². The van der Waals surface area contributed by atoms with E-state index >= 15 is 0 Å². The van der Waals surface area contributed by atoms with E-state index in [1.807, 2.05) is 13.0 Å². The van der Waals surface area contributed by atoms with E-state index in [-0.39, 0.29) is 11.4 Å². The molecule has 0 saturated heterocycles. The molecule has 0 fully saturated rings. The molecule has 0 bridgehead atoms. The van der Waals surface area contributed by atoms with Gasteiger partial charge in [-0.3, -0.25) is 18.5 Å². The summed E-state index contributed by atoms with van der Waals surface area (Å²) in [5, 5.41) is 2.72. The Morgan fingerprint density at radius 3 is 2.57 bits per heavy atom. The molecule has 0 aliphatic rings. The van der Waals surface area contributed by atoms with Crippen molar-refractivity contribution in [2.45, 2.75) is 20.4 Å². The molecule has 0 aliphatic carbocycles. The number of thiazole rings is 1. The number of fused-ring (bicyclic) bond motifs is 1. The summed E-state index contributed by atoms with van der Waals surface area (Å²) in [6.07, 6.45) is 1.07. The van der Waals surface area contributed by atoms with E-state index in [2.05, 4.69) is 5.32 Å². The zero-order valence-corrected chi connectivity index (χ0v) is 17.4. The van der Waals surface area contributed by atoms with Crippen molar-refractivity contribution in [2.24, 2.45) is 0 Å². The quantitative estimate of drug-likeness (QED) is 0.665. The molecule has 148 valence electrons. The van der Waals surface area contributed by atoms with Crippen LogP contribution in [0.5, 0.6) is 0 Å². The lowest BCUT2D eigenvalue weighted by molar-refractivity contribution is -0.114. The van der Waals surface area contributed by atoms with Crippen molar-refractivity contribution in [1.82, 2.24) is 4.57 Å². The first-order valence-corrected chi connectivity index (χ1v) is 11.3. The number of hydrogen-bond donors (Lipinski definition) is 1. The predicted octanol–water partition coefficient (Wildman–Crippen LogP) is 2.80. The van der Waals surface area contributed by atoms with Crippen molar-refractivity contribution in [3.8, 4) is 0 Å². The number of benzene rings is 2. The van der Waals surface area contributed by atoms with Gasteiger partial charge in [0.1, 0.15) is 6.54 Å². The van der Waals surface area contributed by atoms with Gasteiger partial charge in [0, 0.05) is 12.2 Å². The lowest BCUT2D eigenvalue weighted by atomic mass is 10.2. The number of amides is 1. The van der Waals surface area contributed by atoms with Gasteiger partial charge in [-0.05, 0) is 43.7 Å². The molecule has 2 aromatic carbocycles. The first kappa shape index (κ1) is 20.1. The molecule has 3 rings (SSSR count). The number of para-hydroxylation sites is 1. The summed E-state index contributed by atoms with van der Waals surface area (Å²) >= 11 is 1.11. The van der Waals surface area contributed by atoms with Gasteiger partial charge in [0.15, 0.2) is 0 Å². The van der Waals surface area contributed by atoms with Crippen molar-refractivity contribution < 1.29 is 13.2 Å². The number of hydrogen-bond acceptors (Lipinski definition) is 5. The molecule has 0 atom stereocenters. The van der Waals surface area contributed by atoms with Gasteiger partial charge >= 0.3 is 4.87 Å². The highest BCUT2D eigenvalue weighted by Gasteiger charge is 2.22. The molecular formula is C19H21N3O4S2. The number of carbonyl (C=O) groups excluding carboxylic acids is 1. The van der Waals surface area contributed by atoms with Crippen LogP contribution in [-0.2, 0) is 21.4 Å². The van der Waals surface area contributed by atoms with Gasteiger partial charge in [-0.1, -0.05) is 29.5 Å². The smallest absolute Gasteiger partial charge is 0.308 e. The van der Waals surface area contributed by atoms with Crippen molar-refractivity contribution in [2.75, 3.05) is 22.4 Å². The van der Waals surface area contributed by atoms with Crippen LogP contribution in [0, 0.1) is 6.92 Å². The molecule has 7 nitrogen and oxygen atoms in total. The minimum absolute atomic E-state index is 0.0521. The molecule has 0 radical (unpaired) electrons. The third kappa shape index (κ3) is 4.10. The van der Waals surface area contributed by atoms with Gasteiger partial charge in [-0.2, -0.15) is 0 Å². The number of aromatic nitrogens is 1. The molecule has 1 aromatic heterocycles. The largest absolute Gasteiger partial charge is 0.324 e. The SMILES string of the molecule is CCn1c(=O)sc2cc(NC(=O)CN(c3ccccc3C)S(C)(=O)=O)ccc21. The minimum atomic E-state index is -3.64. The topological polar surface area (TPSA) is 88.5 Å². The van der Waals surface area contributed by atoms with E-state index in [0.29, 0.717) is 17.9 Å². The van der Waals surface area contributed by atoms with Crippen LogP contribution in [0.3, 0.4) is 0 Å². The molecule has 3 aromatic rings. The Balaban J connectivity index is 1.85. The number of nitrogens with zero attached hydrogens (tertiary/aromatic N) is 2. The van der Waals surface area contributed by atoms with Crippen LogP contribution in [-0.4, -0.2) is 31.7 Å². The van der Waals surface area contributed by atoms with Crippen molar-refractivity contribution >= 4 is 48.9 Å². The number of carbonyl (C=O) groups is 1. The van der Waals surface area contributed by atoms with Gasteiger partial charge in [-0.25, -0.2) is 8.42 Å². The Morgan fingerprint density at radius 2 is 1.93 bits per heavy atom. The Bertz CT molecular complexity index is 1200. The highest BCUT2D eigenvalue weighted by Crippen LogP contribution is 2.24. The van der Waals surface area contributed by atoms with Crippen molar-refractivity contribution in [1.29, 1.82) is 0 Å². The van der Waals surface area contributed by atoms with E-state index in [4.69, 9.17) is 0 Å². The van der Waals surface area contributed by atoms with E-state index in [1.54, 1.807) is 47.9 Å². The normalized spacial score (nSPS) is 11.5. The lowest BCUT2D eigenvalue weighted by Crippen LogP contribution is -2.37. The van der Waals surface area contributed by atoms with Crippen LogP contribution in [0.15, 0.2) is 47.3 Å². The van der Waals surface area contributed by atoms with Gasteiger partial charge in [0.05, 0.1) is 22.2 Å². The summed E-state index contributed by atoms with van der Waals surface area (Å²) in [5.74, 6) is -0.463. The number of aryl methyl sites for hydroxylation is 2. The van der Waals surface area contributed by atoms with Gasteiger partial charge in [0.2, 0.25) is 15.9 Å². The van der Waals surface area contributed by atoms with E-state index in [0.717, 1.165) is 37.7 Å². The molecule has 0 aliphatic heterocycles.